The Bertz CT molecular complexity index is 498. The number of benzene rings is 1. The summed E-state index contributed by atoms with van der Waals surface area (Å²) in [6.07, 6.45) is 1.79. The summed E-state index contributed by atoms with van der Waals surface area (Å²) in [5, 5.41) is 3.99. The molecule has 0 aliphatic heterocycles. The fourth-order valence-corrected chi connectivity index (χ4v) is 2.36. The minimum Gasteiger partial charge on any atom is -0.315 e. The lowest BCUT2D eigenvalue weighted by Gasteiger charge is -1.98. The molecular weight excluding hydrogens is 247 g/mol. The predicted molar refractivity (Wildman–Crippen MR) is 65.3 cm³/mol. The van der Waals surface area contributed by atoms with Gasteiger partial charge in [0.2, 0.25) is 0 Å². The lowest BCUT2D eigenvalue weighted by atomic mass is 10.2. The van der Waals surface area contributed by atoms with Gasteiger partial charge in [0, 0.05) is 23.2 Å². The van der Waals surface area contributed by atoms with Gasteiger partial charge in [-0.05, 0) is 19.2 Å². The minimum atomic E-state index is -0.412. The van der Waals surface area contributed by atoms with Gasteiger partial charge in [-0.2, -0.15) is 0 Å². The van der Waals surface area contributed by atoms with Crippen molar-refractivity contribution in [1.82, 2.24) is 10.3 Å². The third-order valence-electron chi connectivity index (χ3n) is 2.07. The topological polar surface area (TPSA) is 24.9 Å². The number of thiazole rings is 1. The summed E-state index contributed by atoms with van der Waals surface area (Å²) in [5.74, 6) is -0.412. The second-order valence-electron chi connectivity index (χ2n) is 3.29. The number of nitrogens with one attached hydrogen (secondary N) is 1. The molecule has 1 aromatic heterocycles. The van der Waals surface area contributed by atoms with Gasteiger partial charge < -0.3 is 5.32 Å². The van der Waals surface area contributed by atoms with Gasteiger partial charge in [0.15, 0.2) is 0 Å². The van der Waals surface area contributed by atoms with Crippen LogP contribution in [0.25, 0.3) is 10.6 Å². The zero-order valence-electron chi connectivity index (χ0n) is 8.63. The molecule has 0 saturated heterocycles. The summed E-state index contributed by atoms with van der Waals surface area (Å²) in [4.78, 5) is 5.36. The second kappa shape index (κ2) is 4.91. The van der Waals surface area contributed by atoms with Gasteiger partial charge in [-0.25, -0.2) is 9.37 Å². The predicted octanol–water partition coefficient (Wildman–Crippen LogP) is 3.32. The van der Waals surface area contributed by atoms with E-state index >= 15 is 0 Å². The molecule has 84 valence electrons. The van der Waals surface area contributed by atoms with Crippen molar-refractivity contribution in [2.24, 2.45) is 0 Å². The smallest absolute Gasteiger partial charge is 0.142 e. The molecule has 0 saturated carbocycles. The van der Waals surface area contributed by atoms with Gasteiger partial charge in [0.05, 0.1) is 5.02 Å². The van der Waals surface area contributed by atoms with E-state index in [0.717, 1.165) is 22.0 Å². The van der Waals surface area contributed by atoms with Crippen LogP contribution in [0, 0.1) is 5.82 Å². The van der Waals surface area contributed by atoms with Gasteiger partial charge in [0.1, 0.15) is 10.8 Å². The highest BCUT2D eigenvalue weighted by molar-refractivity contribution is 7.15. The van der Waals surface area contributed by atoms with Crippen LogP contribution in [0.15, 0.2) is 24.4 Å². The molecule has 1 N–H and O–H groups in total. The Labute approximate surface area is 102 Å². The molecule has 0 unspecified atom stereocenters. The van der Waals surface area contributed by atoms with Crippen molar-refractivity contribution in [1.29, 1.82) is 0 Å². The third kappa shape index (κ3) is 2.40. The zero-order chi connectivity index (χ0) is 11.5. The van der Waals surface area contributed by atoms with Gasteiger partial charge in [-0.3, -0.25) is 0 Å². The molecule has 0 atom stereocenters. The van der Waals surface area contributed by atoms with Crippen molar-refractivity contribution < 1.29 is 4.39 Å². The van der Waals surface area contributed by atoms with Crippen LogP contribution in [-0.4, -0.2) is 12.0 Å². The quantitative estimate of drug-likeness (QED) is 0.911. The summed E-state index contributed by atoms with van der Waals surface area (Å²) in [5.41, 5.74) is 0.759. The van der Waals surface area contributed by atoms with Crippen molar-refractivity contribution >= 4 is 22.9 Å². The molecule has 16 heavy (non-hydrogen) atoms. The molecule has 0 bridgehead atoms. The van der Waals surface area contributed by atoms with Gasteiger partial charge in [-0.1, -0.05) is 17.7 Å². The van der Waals surface area contributed by atoms with Crippen molar-refractivity contribution in [2.75, 3.05) is 7.05 Å². The van der Waals surface area contributed by atoms with E-state index in [2.05, 4.69) is 10.3 Å². The van der Waals surface area contributed by atoms with Crippen LogP contribution < -0.4 is 5.32 Å². The maximum atomic E-state index is 13.3. The Kier molecular flexibility index (Phi) is 3.53. The Morgan fingerprint density at radius 1 is 1.50 bits per heavy atom. The monoisotopic (exact) mass is 256 g/mol. The molecule has 1 heterocycles. The van der Waals surface area contributed by atoms with Crippen molar-refractivity contribution in [2.45, 2.75) is 6.54 Å². The van der Waals surface area contributed by atoms with Crippen LogP contribution in [0.2, 0.25) is 5.02 Å². The number of halogens is 2. The van der Waals surface area contributed by atoms with Gasteiger partial charge in [-0.15, -0.1) is 11.3 Å². The molecule has 0 radical (unpaired) electrons. The minimum absolute atomic E-state index is 0.135. The van der Waals surface area contributed by atoms with E-state index in [0.29, 0.717) is 0 Å². The molecular formula is C11H10ClFN2S. The largest absolute Gasteiger partial charge is 0.315 e. The number of hydrogen-bond acceptors (Lipinski definition) is 3. The normalized spacial score (nSPS) is 10.7. The summed E-state index contributed by atoms with van der Waals surface area (Å²) < 4.78 is 13.3. The van der Waals surface area contributed by atoms with E-state index in [-0.39, 0.29) is 5.02 Å². The van der Waals surface area contributed by atoms with Crippen LogP contribution in [0.5, 0.6) is 0 Å². The van der Waals surface area contributed by atoms with Crippen LogP contribution in [0.1, 0.15) is 4.88 Å². The van der Waals surface area contributed by atoms with E-state index in [4.69, 9.17) is 11.6 Å². The number of nitrogens with zero attached hydrogens (tertiary/aromatic N) is 1. The average Bonchev–Trinajstić information content (AvgIpc) is 2.71. The molecule has 1 aromatic carbocycles. The van der Waals surface area contributed by atoms with Crippen molar-refractivity contribution in [3.8, 4) is 10.6 Å². The molecule has 2 nitrogen and oxygen atoms in total. The lowest BCUT2D eigenvalue weighted by Crippen LogP contribution is -2.02. The first-order chi connectivity index (χ1) is 7.70. The Hall–Kier alpha value is -0.970. The average molecular weight is 257 g/mol. The van der Waals surface area contributed by atoms with E-state index < -0.39 is 5.82 Å². The van der Waals surface area contributed by atoms with Crippen molar-refractivity contribution in [3.05, 3.63) is 40.1 Å². The number of hydrogen-bond donors (Lipinski definition) is 1. The van der Waals surface area contributed by atoms with E-state index in [9.17, 15) is 4.39 Å². The maximum absolute atomic E-state index is 13.3. The zero-order valence-corrected chi connectivity index (χ0v) is 10.2. The highest BCUT2D eigenvalue weighted by Gasteiger charge is 2.07. The number of rotatable bonds is 3. The molecule has 0 aliphatic carbocycles. The summed E-state index contributed by atoms with van der Waals surface area (Å²) >= 11 is 7.16. The Balaban J connectivity index is 2.31. The highest BCUT2D eigenvalue weighted by atomic mass is 35.5. The number of aromatic nitrogens is 1. The first kappa shape index (κ1) is 11.5. The fourth-order valence-electron chi connectivity index (χ4n) is 1.33. The maximum Gasteiger partial charge on any atom is 0.142 e. The SMILES string of the molecule is CNCc1cnc(-c2ccc(Cl)c(F)c2)s1. The van der Waals surface area contributed by atoms with Crippen molar-refractivity contribution in [3.63, 3.8) is 0 Å². The van der Waals surface area contributed by atoms with E-state index in [1.165, 1.54) is 6.07 Å². The fraction of sp³-hybridized carbons (Fsp3) is 0.182. The molecule has 0 aliphatic rings. The molecule has 0 amide bonds. The molecule has 0 fully saturated rings. The van der Waals surface area contributed by atoms with Gasteiger partial charge in [0.25, 0.3) is 0 Å². The second-order valence-corrected chi connectivity index (χ2v) is 4.81. The third-order valence-corrected chi connectivity index (χ3v) is 3.42. The summed E-state index contributed by atoms with van der Waals surface area (Å²) in [6, 6.07) is 4.73. The summed E-state index contributed by atoms with van der Waals surface area (Å²) in [6.45, 7) is 0.772. The Morgan fingerprint density at radius 3 is 3.00 bits per heavy atom. The molecule has 5 heteroatoms. The van der Waals surface area contributed by atoms with E-state index in [1.54, 1.807) is 29.7 Å². The Morgan fingerprint density at radius 2 is 2.31 bits per heavy atom. The van der Waals surface area contributed by atoms with Crippen LogP contribution in [0.4, 0.5) is 4.39 Å². The van der Waals surface area contributed by atoms with Crippen LogP contribution in [-0.2, 0) is 6.54 Å². The standard InChI is InChI=1S/C11H10ClFN2S/c1-14-5-8-6-15-11(16-8)7-2-3-9(12)10(13)4-7/h2-4,6,14H,5H2,1H3. The highest BCUT2D eigenvalue weighted by Crippen LogP contribution is 2.27. The summed E-state index contributed by atoms with van der Waals surface area (Å²) in [7, 11) is 1.88. The van der Waals surface area contributed by atoms with Crippen LogP contribution >= 0.6 is 22.9 Å². The lowest BCUT2D eigenvalue weighted by molar-refractivity contribution is 0.629. The molecule has 0 spiro atoms. The van der Waals surface area contributed by atoms with Gasteiger partial charge >= 0.3 is 0 Å². The molecule has 2 rings (SSSR count). The van der Waals surface area contributed by atoms with Crippen LogP contribution in [0.3, 0.4) is 0 Å². The first-order valence-electron chi connectivity index (χ1n) is 4.75. The molecule has 2 aromatic rings. The van der Waals surface area contributed by atoms with E-state index in [1.807, 2.05) is 7.05 Å². The first-order valence-corrected chi connectivity index (χ1v) is 5.95.